The summed E-state index contributed by atoms with van der Waals surface area (Å²) < 4.78 is 0. The van der Waals surface area contributed by atoms with Gasteiger partial charge in [-0.3, -0.25) is 4.99 Å². The van der Waals surface area contributed by atoms with Gasteiger partial charge in [-0.2, -0.15) is 11.8 Å². The standard InChI is InChI=1S/C18H27N3S2.HI/c1-3-12-22-13-10-20-18(19-2)21-11-9-16(14-21)15-23-17-7-5-4-6-8-17;/h3-8,16H,1,9-15H2,2H3,(H,19,20);1H. The van der Waals surface area contributed by atoms with E-state index in [4.69, 9.17) is 0 Å². The van der Waals surface area contributed by atoms with Crippen molar-refractivity contribution < 1.29 is 0 Å². The largest absolute Gasteiger partial charge is 0.355 e. The highest BCUT2D eigenvalue weighted by atomic mass is 127. The van der Waals surface area contributed by atoms with Gasteiger partial charge in [-0.25, -0.2) is 0 Å². The van der Waals surface area contributed by atoms with Crippen LogP contribution in [0.2, 0.25) is 0 Å². The zero-order chi connectivity index (χ0) is 16.3. The SMILES string of the molecule is C=CCSCCNC(=NC)N1CCC(CSc2ccccc2)C1.I. The Morgan fingerprint density at radius 3 is 2.92 bits per heavy atom. The summed E-state index contributed by atoms with van der Waals surface area (Å²) in [6.45, 7) is 6.93. The summed E-state index contributed by atoms with van der Waals surface area (Å²) in [4.78, 5) is 8.20. The molecule has 0 bridgehead atoms. The van der Waals surface area contributed by atoms with Crippen molar-refractivity contribution in [1.82, 2.24) is 10.2 Å². The smallest absolute Gasteiger partial charge is 0.193 e. The van der Waals surface area contributed by atoms with Crippen molar-refractivity contribution in [2.75, 3.05) is 43.9 Å². The minimum atomic E-state index is 0. The molecule has 1 N–H and O–H groups in total. The number of aliphatic imine (C=N–C) groups is 1. The fourth-order valence-electron chi connectivity index (χ4n) is 2.63. The minimum absolute atomic E-state index is 0. The second-order valence-electron chi connectivity index (χ2n) is 5.56. The molecule has 1 fully saturated rings. The van der Waals surface area contributed by atoms with E-state index in [1.807, 2.05) is 36.6 Å². The Kier molecular flexibility index (Phi) is 11.7. The monoisotopic (exact) mass is 477 g/mol. The predicted octanol–water partition coefficient (Wildman–Crippen LogP) is 4.21. The van der Waals surface area contributed by atoms with E-state index in [-0.39, 0.29) is 24.0 Å². The molecule has 3 nitrogen and oxygen atoms in total. The Hall–Kier alpha value is -0.340. The van der Waals surface area contributed by atoms with Crippen LogP contribution < -0.4 is 5.32 Å². The summed E-state index contributed by atoms with van der Waals surface area (Å²) >= 11 is 3.86. The molecule has 1 unspecified atom stereocenters. The molecule has 134 valence electrons. The molecular weight excluding hydrogens is 449 g/mol. The molecule has 1 aliphatic heterocycles. The summed E-state index contributed by atoms with van der Waals surface area (Å²) in [5.74, 6) is 5.09. The van der Waals surface area contributed by atoms with E-state index in [2.05, 4.69) is 52.1 Å². The van der Waals surface area contributed by atoms with Gasteiger partial charge >= 0.3 is 0 Å². The Bertz CT molecular complexity index is 496. The summed E-state index contributed by atoms with van der Waals surface area (Å²) in [5.41, 5.74) is 0. The van der Waals surface area contributed by atoms with Gasteiger partial charge in [0.25, 0.3) is 0 Å². The number of guanidine groups is 1. The van der Waals surface area contributed by atoms with Crippen LogP contribution in [0, 0.1) is 5.92 Å². The van der Waals surface area contributed by atoms with Gasteiger partial charge in [0.2, 0.25) is 0 Å². The van der Waals surface area contributed by atoms with Gasteiger partial charge in [-0.15, -0.1) is 42.3 Å². The number of hydrogen-bond donors (Lipinski definition) is 1. The second-order valence-corrected chi connectivity index (χ2v) is 7.81. The zero-order valence-corrected chi connectivity index (χ0v) is 18.3. The maximum atomic E-state index is 4.44. The van der Waals surface area contributed by atoms with Crippen LogP contribution in [0.1, 0.15) is 6.42 Å². The Labute approximate surface area is 172 Å². The van der Waals surface area contributed by atoms with Crippen LogP contribution in [0.25, 0.3) is 0 Å². The number of hydrogen-bond acceptors (Lipinski definition) is 3. The van der Waals surface area contributed by atoms with Crippen molar-refractivity contribution in [3.63, 3.8) is 0 Å². The third-order valence-corrected chi connectivity index (χ3v) is 6.00. The van der Waals surface area contributed by atoms with Gasteiger partial charge in [0.1, 0.15) is 0 Å². The number of thioether (sulfide) groups is 2. The summed E-state index contributed by atoms with van der Waals surface area (Å²) in [6, 6.07) is 10.7. The molecule has 1 aromatic carbocycles. The number of benzene rings is 1. The van der Waals surface area contributed by atoms with Crippen LogP contribution in [-0.2, 0) is 0 Å². The van der Waals surface area contributed by atoms with E-state index in [0.29, 0.717) is 0 Å². The van der Waals surface area contributed by atoms with Crippen LogP contribution >= 0.6 is 47.5 Å². The highest BCUT2D eigenvalue weighted by Crippen LogP contribution is 2.25. The molecule has 1 heterocycles. The maximum Gasteiger partial charge on any atom is 0.193 e. The zero-order valence-electron chi connectivity index (χ0n) is 14.3. The van der Waals surface area contributed by atoms with E-state index >= 15 is 0 Å². The lowest BCUT2D eigenvalue weighted by Crippen LogP contribution is -2.41. The van der Waals surface area contributed by atoms with Crippen LogP contribution in [0.15, 0.2) is 52.9 Å². The van der Waals surface area contributed by atoms with Crippen molar-refractivity contribution in [2.24, 2.45) is 10.9 Å². The predicted molar refractivity (Wildman–Crippen MR) is 121 cm³/mol. The average molecular weight is 477 g/mol. The lowest BCUT2D eigenvalue weighted by Gasteiger charge is -2.21. The molecule has 0 aromatic heterocycles. The fraction of sp³-hybridized carbons (Fsp3) is 0.500. The van der Waals surface area contributed by atoms with Gasteiger partial charge in [-0.05, 0) is 24.5 Å². The van der Waals surface area contributed by atoms with Crippen LogP contribution in [0.5, 0.6) is 0 Å². The summed E-state index contributed by atoms with van der Waals surface area (Å²) in [6.07, 6.45) is 3.21. The van der Waals surface area contributed by atoms with E-state index in [9.17, 15) is 0 Å². The molecule has 0 amide bonds. The molecule has 0 saturated carbocycles. The molecule has 1 aliphatic rings. The van der Waals surface area contributed by atoms with Crippen LogP contribution in [0.4, 0.5) is 0 Å². The first-order valence-corrected chi connectivity index (χ1v) is 10.3. The molecule has 6 heteroatoms. The lowest BCUT2D eigenvalue weighted by molar-refractivity contribution is 0.476. The first kappa shape index (κ1) is 21.7. The highest BCUT2D eigenvalue weighted by molar-refractivity contribution is 14.0. The van der Waals surface area contributed by atoms with Gasteiger partial charge in [0.05, 0.1) is 0 Å². The van der Waals surface area contributed by atoms with Crippen LogP contribution in [0.3, 0.4) is 0 Å². The molecule has 1 aromatic rings. The second kappa shape index (κ2) is 12.9. The first-order valence-electron chi connectivity index (χ1n) is 8.15. The molecule has 1 atom stereocenters. The molecule has 0 aliphatic carbocycles. The number of nitrogens with zero attached hydrogens (tertiary/aromatic N) is 2. The van der Waals surface area contributed by atoms with Crippen molar-refractivity contribution in [3.05, 3.63) is 43.0 Å². The van der Waals surface area contributed by atoms with Crippen molar-refractivity contribution in [3.8, 4) is 0 Å². The topological polar surface area (TPSA) is 27.6 Å². The maximum absolute atomic E-state index is 4.44. The third kappa shape index (κ3) is 7.70. The van der Waals surface area contributed by atoms with E-state index < -0.39 is 0 Å². The van der Waals surface area contributed by atoms with E-state index in [1.165, 1.54) is 17.1 Å². The molecule has 1 saturated heterocycles. The molecule has 24 heavy (non-hydrogen) atoms. The fourth-order valence-corrected chi connectivity index (χ4v) is 4.26. The van der Waals surface area contributed by atoms with Crippen molar-refractivity contribution >= 4 is 53.5 Å². The van der Waals surface area contributed by atoms with Crippen molar-refractivity contribution in [2.45, 2.75) is 11.3 Å². The Morgan fingerprint density at radius 2 is 2.21 bits per heavy atom. The third-order valence-electron chi connectivity index (χ3n) is 3.79. The molecule has 2 rings (SSSR count). The Balaban J connectivity index is 0.00000288. The van der Waals surface area contributed by atoms with E-state index in [0.717, 1.165) is 43.0 Å². The highest BCUT2D eigenvalue weighted by Gasteiger charge is 2.24. The number of likely N-dealkylation sites (tertiary alicyclic amines) is 1. The normalized spacial score (nSPS) is 17.5. The van der Waals surface area contributed by atoms with E-state index in [1.54, 1.807) is 0 Å². The average Bonchev–Trinajstić information content (AvgIpc) is 3.06. The quantitative estimate of drug-likeness (QED) is 0.152. The summed E-state index contributed by atoms with van der Waals surface area (Å²) in [7, 11) is 1.88. The van der Waals surface area contributed by atoms with Crippen molar-refractivity contribution in [1.29, 1.82) is 0 Å². The molecule has 0 spiro atoms. The number of rotatable bonds is 8. The van der Waals surface area contributed by atoms with Crippen LogP contribution in [-0.4, -0.2) is 54.8 Å². The first-order chi connectivity index (χ1) is 11.3. The Morgan fingerprint density at radius 1 is 1.42 bits per heavy atom. The molecule has 0 radical (unpaired) electrons. The summed E-state index contributed by atoms with van der Waals surface area (Å²) in [5, 5.41) is 3.48. The van der Waals surface area contributed by atoms with Gasteiger partial charge in [0, 0.05) is 48.8 Å². The number of halogens is 1. The van der Waals surface area contributed by atoms with Gasteiger partial charge in [-0.1, -0.05) is 24.3 Å². The minimum Gasteiger partial charge on any atom is -0.355 e. The number of nitrogens with one attached hydrogen (secondary N) is 1. The van der Waals surface area contributed by atoms with Gasteiger partial charge < -0.3 is 10.2 Å². The van der Waals surface area contributed by atoms with Gasteiger partial charge in [0.15, 0.2) is 5.96 Å². The molecular formula is C18H28IN3S2. The lowest BCUT2D eigenvalue weighted by atomic mass is 10.2.